The molecule has 2 unspecified atom stereocenters. The number of hydrogen-bond acceptors (Lipinski definition) is 5. The highest BCUT2D eigenvalue weighted by Crippen LogP contribution is 2.40. The Hall–Kier alpha value is -1.63. The summed E-state index contributed by atoms with van der Waals surface area (Å²) < 4.78 is 17.2. The van der Waals surface area contributed by atoms with Gasteiger partial charge in [0, 0.05) is 12.8 Å². The zero-order valence-electron chi connectivity index (χ0n) is 32.2. The number of nitrogens with zero attached hydrogens (tertiary/aromatic N) is 1. The lowest BCUT2D eigenvalue weighted by Crippen LogP contribution is -2.60. The molecular weight excluding hydrogens is 633 g/mol. The number of ketones is 2. The molecule has 0 aromatic carbocycles. The Morgan fingerprint density at radius 1 is 0.592 bits per heavy atom. The molecule has 0 amide bonds. The lowest BCUT2D eigenvalue weighted by atomic mass is 9.86. The lowest BCUT2D eigenvalue weighted by molar-refractivity contribution is -0.874. The molecule has 0 saturated carbocycles. The largest absolute Gasteiger partial charge is 0.756 e. The van der Waals surface area contributed by atoms with E-state index in [0.29, 0.717) is 19.3 Å². The molecule has 0 aliphatic carbocycles. The normalized spacial score (nSPS) is 15.2. The monoisotopic (exact) mass is 708 g/mol. The van der Waals surface area contributed by atoms with E-state index in [1.165, 1.54) is 77.0 Å². The molecule has 0 radical (unpaired) electrons. The highest BCUT2D eigenvalue weighted by atomic mass is 31.2. The van der Waals surface area contributed by atoms with Crippen molar-refractivity contribution in [1.29, 1.82) is 0 Å². The van der Waals surface area contributed by atoms with E-state index >= 15 is 0 Å². The molecular formula is C41H74NO6P. The van der Waals surface area contributed by atoms with E-state index in [1.54, 1.807) is 21.1 Å². The molecule has 49 heavy (non-hydrogen) atoms. The van der Waals surface area contributed by atoms with Crippen LogP contribution in [-0.4, -0.2) is 54.2 Å². The maximum absolute atomic E-state index is 13.6. The van der Waals surface area contributed by atoms with Gasteiger partial charge in [-0.3, -0.25) is 18.7 Å². The van der Waals surface area contributed by atoms with Crippen LogP contribution in [0.1, 0.15) is 168 Å². The molecule has 1 N–H and O–H groups in total. The van der Waals surface area contributed by atoms with Crippen LogP contribution in [-0.2, 0) is 18.7 Å². The first-order chi connectivity index (χ1) is 23.4. The van der Waals surface area contributed by atoms with Crippen LogP contribution in [0.2, 0.25) is 0 Å². The number of allylic oxidation sites excluding steroid dienone is 8. The second kappa shape index (κ2) is 30.0. The SMILES string of the molecule is CCCCC/C=C\C/C=C\C/C=C\C/C=C\CCCC(=O)C(C[N+](C)(C)C)(OP(=O)([O-])O)C(=O)CCCCCCCCCCCCCCC. The molecule has 0 spiro atoms. The van der Waals surface area contributed by atoms with Crippen molar-refractivity contribution in [3.63, 3.8) is 0 Å². The third kappa shape index (κ3) is 28.7. The van der Waals surface area contributed by atoms with E-state index in [2.05, 4.69) is 50.3 Å². The van der Waals surface area contributed by atoms with Gasteiger partial charge in [0.1, 0.15) is 6.54 Å². The van der Waals surface area contributed by atoms with Crippen LogP contribution in [0.3, 0.4) is 0 Å². The summed E-state index contributed by atoms with van der Waals surface area (Å²) in [5, 5.41) is 0. The number of quaternary nitrogens is 1. The van der Waals surface area contributed by atoms with Crippen molar-refractivity contribution in [2.24, 2.45) is 0 Å². The van der Waals surface area contributed by atoms with Crippen LogP contribution in [0.15, 0.2) is 48.6 Å². The van der Waals surface area contributed by atoms with E-state index in [0.717, 1.165) is 44.9 Å². The number of carbonyl (C=O) groups is 2. The fraction of sp³-hybridized carbons (Fsp3) is 0.756. The molecule has 0 bridgehead atoms. The first kappa shape index (κ1) is 47.4. The van der Waals surface area contributed by atoms with Gasteiger partial charge in [0.25, 0.3) is 7.82 Å². The molecule has 0 aliphatic rings. The van der Waals surface area contributed by atoms with Gasteiger partial charge in [-0.1, -0.05) is 152 Å². The molecule has 0 fully saturated rings. The van der Waals surface area contributed by atoms with Crippen LogP contribution >= 0.6 is 7.82 Å². The highest BCUT2D eigenvalue weighted by Gasteiger charge is 2.51. The minimum atomic E-state index is -5.36. The molecule has 2 atom stereocenters. The summed E-state index contributed by atoms with van der Waals surface area (Å²) in [6, 6.07) is 0. The Balaban J connectivity index is 4.76. The van der Waals surface area contributed by atoms with Gasteiger partial charge in [-0.05, 0) is 51.4 Å². The van der Waals surface area contributed by atoms with Gasteiger partial charge in [-0.25, -0.2) is 0 Å². The Labute approximate surface area is 301 Å². The summed E-state index contributed by atoms with van der Waals surface area (Å²) >= 11 is 0. The maximum Gasteiger partial charge on any atom is 0.266 e. The smallest absolute Gasteiger partial charge is 0.266 e. The minimum Gasteiger partial charge on any atom is -0.756 e. The number of unbranched alkanes of at least 4 members (excludes halogenated alkanes) is 16. The number of likely N-dealkylation sites (N-methyl/N-ethyl adjacent to an activating group) is 1. The van der Waals surface area contributed by atoms with E-state index < -0.39 is 25.0 Å². The quantitative estimate of drug-likeness (QED) is 0.0235. The zero-order chi connectivity index (χ0) is 36.7. The Morgan fingerprint density at radius 3 is 1.35 bits per heavy atom. The summed E-state index contributed by atoms with van der Waals surface area (Å²) in [6.07, 6.45) is 40.9. The van der Waals surface area contributed by atoms with E-state index in [4.69, 9.17) is 4.52 Å². The van der Waals surface area contributed by atoms with Gasteiger partial charge in [-0.2, -0.15) is 0 Å². The van der Waals surface area contributed by atoms with Gasteiger partial charge in [0.2, 0.25) is 5.60 Å². The number of phosphoric ester groups is 1. The molecule has 0 aliphatic heterocycles. The average molecular weight is 708 g/mol. The van der Waals surface area contributed by atoms with Crippen molar-refractivity contribution >= 4 is 19.4 Å². The van der Waals surface area contributed by atoms with Crippen LogP contribution in [0.5, 0.6) is 0 Å². The van der Waals surface area contributed by atoms with Gasteiger partial charge in [0.15, 0.2) is 11.6 Å². The van der Waals surface area contributed by atoms with Crippen LogP contribution < -0.4 is 4.89 Å². The van der Waals surface area contributed by atoms with Crippen LogP contribution in [0, 0.1) is 0 Å². The maximum atomic E-state index is 13.6. The summed E-state index contributed by atoms with van der Waals surface area (Å²) in [5.74, 6) is -1.14. The second-order valence-corrected chi connectivity index (χ2v) is 15.8. The molecule has 0 aromatic heterocycles. The van der Waals surface area contributed by atoms with Crippen molar-refractivity contribution < 1.29 is 32.9 Å². The van der Waals surface area contributed by atoms with Crippen molar-refractivity contribution in [2.45, 2.75) is 174 Å². The summed E-state index contributed by atoms with van der Waals surface area (Å²) in [7, 11) is -0.0409. The zero-order valence-corrected chi connectivity index (χ0v) is 33.1. The fourth-order valence-corrected chi connectivity index (χ4v) is 6.63. The first-order valence-electron chi connectivity index (χ1n) is 19.6. The van der Waals surface area contributed by atoms with Gasteiger partial charge in [0.05, 0.1) is 21.1 Å². The third-order valence-corrected chi connectivity index (χ3v) is 9.15. The Kier molecular flexibility index (Phi) is 29.0. The van der Waals surface area contributed by atoms with E-state index in [-0.39, 0.29) is 23.9 Å². The van der Waals surface area contributed by atoms with Crippen molar-refractivity contribution in [3.8, 4) is 0 Å². The average Bonchev–Trinajstić information content (AvgIpc) is 3.02. The van der Waals surface area contributed by atoms with Crippen LogP contribution in [0.25, 0.3) is 0 Å². The molecule has 0 heterocycles. The fourth-order valence-electron chi connectivity index (χ4n) is 5.98. The third-order valence-electron chi connectivity index (χ3n) is 8.61. The second-order valence-electron chi connectivity index (χ2n) is 14.7. The molecule has 7 nitrogen and oxygen atoms in total. The van der Waals surface area contributed by atoms with Gasteiger partial charge in [-0.15, -0.1) is 0 Å². The molecule has 0 saturated heterocycles. The van der Waals surface area contributed by atoms with E-state index in [1.807, 2.05) is 12.2 Å². The van der Waals surface area contributed by atoms with Crippen molar-refractivity contribution in [3.05, 3.63) is 48.6 Å². The van der Waals surface area contributed by atoms with Gasteiger partial charge < -0.3 is 14.3 Å². The summed E-state index contributed by atoms with van der Waals surface area (Å²) in [6.45, 7) is 4.29. The number of hydrogen-bond donors (Lipinski definition) is 1. The number of Topliss-reactive ketones (excluding diaryl/α,β-unsaturated/α-hetero) is 2. The predicted octanol–water partition coefficient (Wildman–Crippen LogP) is 10.7. The summed E-state index contributed by atoms with van der Waals surface area (Å²) in [4.78, 5) is 48.9. The van der Waals surface area contributed by atoms with Crippen LogP contribution in [0.4, 0.5) is 0 Å². The van der Waals surface area contributed by atoms with E-state index in [9.17, 15) is 23.9 Å². The molecule has 0 aromatic rings. The summed E-state index contributed by atoms with van der Waals surface area (Å²) in [5.41, 5.74) is -2.22. The Morgan fingerprint density at radius 2 is 0.939 bits per heavy atom. The minimum absolute atomic E-state index is 0.0115. The number of carbonyl (C=O) groups excluding carboxylic acids is 2. The predicted molar refractivity (Wildman–Crippen MR) is 205 cm³/mol. The molecule has 284 valence electrons. The standard InChI is InChI=1S/C41H74NO6P/c1-6-8-10-12-14-16-18-20-21-22-23-25-27-29-31-33-35-37-40(44)41(38-42(3,4)5,48-49(45,46)47)39(43)36-34-32-30-28-26-24-19-17-15-13-11-9-7-2/h14,16,20-21,23,25,29,31H,6-13,15,17-19,22,24,26-28,30,32-38H2,1-5H3,(H-,45,46,47)/b16-14-,21-20-,25-23-,31-29-. The topological polar surface area (TPSA) is 104 Å². The molecule has 8 heteroatoms. The first-order valence-corrected chi connectivity index (χ1v) is 21.1. The highest BCUT2D eigenvalue weighted by molar-refractivity contribution is 7.44. The number of phosphoric acid groups is 1. The van der Waals surface area contributed by atoms with Gasteiger partial charge >= 0.3 is 0 Å². The number of rotatable bonds is 34. The van der Waals surface area contributed by atoms with Crippen molar-refractivity contribution in [2.75, 3.05) is 27.7 Å². The Bertz CT molecular complexity index is 1010. The lowest BCUT2D eigenvalue weighted by Gasteiger charge is -2.39. The van der Waals surface area contributed by atoms with Crippen molar-refractivity contribution in [1.82, 2.24) is 0 Å². The molecule has 0 rings (SSSR count).